The highest BCUT2D eigenvalue weighted by molar-refractivity contribution is 5.74. The third-order valence-corrected chi connectivity index (χ3v) is 3.82. The highest BCUT2D eigenvalue weighted by Gasteiger charge is 2.25. The van der Waals surface area contributed by atoms with E-state index in [1.54, 1.807) is 0 Å². The molecule has 2 amide bonds. The van der Waals surface area contributed by atoms with E-state index < -0.39 is 0 Å². The van der Waals surface area contributed by atoms with Crippen molar-refractivity contribution in [1.82, 2.24) is 10.2 Å². The number of nitriles is 1. The number of likely N-dealkylation sites (tertiary alicyclic amines) is 1. The fourth-order valence-corrected chi connectivity index (χ4v) is 2.78. The van der Waals surface area contributed by atoms with Crippen LogP contribution in [0.15, 0.2) is 0 Å². The minimum atomic E-state index is 0.0286. The van der Waals surface area contributed by atoms with Crippen molar-refractivity contribution in [2.45, 2.75) is 51.0 Å². The van der Waals surface area contributed by atoms with Crippen LogP contribution in [-0.2, 0) is 0 Å². The molecule has 4 heteroatoms. The molecule has 2 rings (SSSR count). The first kappa shape index (κ1) is 12.2. The lowest BCUT2D eigenvalue weighted by Crippen LogP contribution is -2.48. The Morgan fingerprint density at radius 3 is 2.65 bits per heavy atom. The van der Waals surface area contributed by atoms with Gasteiger partial charge in [-0.3, -0.25) is 0 Å². The Morgan fingerprint density at radius 2 is 1.94 bits per heavy atom. The molecule has 1 saturated carbocycles. The summed E-state index contributed by atoms with van der Waals surface area (Å²) in [5.41, 5.74) is 0. The second-order valence-electron chi connectivity index (χ2n) is 5.20. The van der Waals surface area contributed by atoms with E-state index in [1.165, 1.54) is 19.3 Å². The predicted molar refractivity (Wildman–Crippen MR) is 65.3 cm³/mol. The molecule has 1 saturated heterocycles. The maximum absolute atomic E-state index is 12.0. The second-order valence-corrected chi connectivity index (χ2v) is 5.20. The van der Waals surface area contributed by atoms with Crippen molar-refractivity contribution < 1.29 is 4.79 Å². The highest BCUT2D eigenvalue weighted by Crippen LogP contribution is 2.19. The van der Waals surface area contributed by atoms with Gasteiger partial charge in [0.05, 0.1) is 12.0 Å². The fourth-order valence-electron chi connectivity index (χ4n) is 2.78. The van der Waals surface area contributed by atoms with Crippen LogP contribution in [0, 0.1) is 17.2 Å². The van der Waals surface area contributed by atoms with E-state index in [9.17, 15) is 4.79 Å². The van der Waals surface area contributed by atoms with Crippen LogP contribution in [0.4, 0.5) is 4.79 Å². The molecule has 0 spiro atoms. The van der Waals surface area contributed by atoms with Crippen LogP contribution in [0.25, 0.3) is 0 Å². The number of hydrogen-bond donors (Lipinski definition) is 1. The van der Waals surface area contributed by atoms with Gasteiger partial charge in [-0.1, -0.05) is 19.3 Å². The summed E-state index contributed by atoms with van der Waals surface area (Å²) >= 11 is 0. The summed E-state index contributed by atoms with van der Waals surface area (Å²) in [6, 6.07) is 2.67. The molecule has 0 radical (unpaired) electrons. The molecule has 0 aromatic rings. The molecule has 2 aliphatic rings. The van der Waals surface area contributed by atoms with E-state index in [1.807, 2.05) is 4.90 Å². The predicted octanol–water partition coefficient (Wildman–Crippen LogP) is 2.26. The Kier molecular flexibility index (Phi) is 4.24. The lowest BCUT2D eigenvalue weighted by Gasteiger charge is -2.32. The van der Waals surface area contributed by atoms with Crippen LogP contribution in [0.1, 0.15) is 44.9 Å². The zero-order valence-corrected chi connectivity index (χ0v) is 10.3. The zero-order valence-electron chi connectivity index (χ0n) is 10.3. The summed E-state index contributed by atoms with van der Waals surface area (Å²) in [5, 5.41) is 12.0. The number of urea groups is 1. The quantitative estimate of drug-likeness (QED) is 0.758. The van der Waals surface area contributed by atoms with Gasteiger partial charge in [0, 0.05) is 19.1 Å². The van der Waals surface area contributed by atoms with Gasteiger partial charge in [0.25, 0.3) is 0 Å². The van der Waals surface area contributed by atoms with Crippen LogP contribution in [0.5, 0.6) is 0 Å². The molecule has 17 heavy (non-hydrogen) atoms. The van der Waals surface area contributed by atoms with E-state index in [0.29, 0.717) is 12.6 Å². The van der Waals surface area contributed by atoms with Gasteiger partial charge in [-0.2, -0.15) is 5.26 Å². The van der Waals surface area contributed by atoms with Crippen molar-refractivity contribution in [2.24, 2.45) is 5.92 Å². The van der Waals surface area contributed by atoms with Crippen molar-refractivity contribution in [3.05, 3.63) is 0 Å². The largest absolute Gasteiger partial charge is 0.335 e. The van der Waals surface area contributed by atoms with E-state index in [0.717, 1.165) is 32.2 Å². The molecule has 0 bridgehead atoms. The molecule has 0 aromatic heterocycles. The molecular formula is C13H21N3O. The summed E-state index contributed by atoms with van der Waals surface area (Å²) in [6.45, 7) is 1.41. The minimum absolute atomic E-state index is 0.0286. The number of rotatable bonds is 1. The lowest BCUT2D eigenvalue weighted by atomic mass is 9.95. The van der Waals surface area contributed by atoms with Gasteiger partial charge in [0.2, 0.25) is 0 Å². The average molecular weight is 235 g/mol. The molecule has 1 atom stereocenters. The number of nitrogens with zero attached hydrogens (tertiary/aromatic N) is 2. The molecule has 94 valence electrons. The van der Waals surface area contributed by atoms with Crippen LogP contribution >= 0.6 is 0 Å². The van der Waals surface area contributed by atoms with Crippen LogP contribution in [0.2, 0.25) is 0 Å². The molecular weight excluding hydrogens is 214 g/mol. The monoisotopic (exact) mass is 235 g/mol. The summed E-state index contributed by atoms with van der Waals surface area (Å²) in [4.78, 5) is 13.8. The fraction of sp³-hybridized carbons (Fsp3) is 0.846. The summed E-state index contributed by atoms with van der Waals surface area (Å²) in [6.07, 6.45) is 7.87. The standard InChI is InChI=1S/C13H21N3O/c14-9-11-5-4-8-16(10-11)13(17)15-12-6-2-1-3-7-12/h11-12H,1-8,10H2,(H,15,17). The van der Waals surface area contributed by atoms with Crippen molar-refractivity contribution in [3.8, 4) is 6.07 Å². The maximum atomic E-state index is 12.0. The summed E-state index contributed by atoms with van der Waals surface area (Å²) < 4.78 is 0. The van der Waals surface area contributed by atoms with Gasteiger partial charge < -0.3 is 10.2 Å². The van der Waals surface area contributed by atoms with Gasteiger partial charge in [-0.05, 0) is 25.7 Å². The van der Waals surface area contributed by atoms with Gasteiger partial charge >= 0.3 is 6.03 Å². The first-order valence-electron chi connectivity index (χ1n) is 6.74. The highest BCUT2D eigenvalue weighted by atomic mass is 16.2. The number of carbonyl (C=O) groups is 1. The van der Waals surface area contributed by atoms with Crippen LogP contribution in [-0.4, -0.2) is 30.1 Å². The minimum Gasteiger partial charge on any atom is -0.335 e. The molecule has 4 nitrogen and oxygen atoms in total. The molecule has 1 aliphatic heterocycles. The number of hydrogen-bond acceptors (Lipinski definition) is 2. The number of amides is 2. The second kappa shape index (κ2) is 5.90. The van der Waals surface area contributed by atoms with Gasteiger partial charge in [0.1, 0.15) is 0 Å². The van der Waals surface area contributed by atoms with Crippen molar-refractivity contribution in [1.29, 1.82) is 5.26 Å². The van der Waals surface area contributed by atoms with E-state index >= 15 is 0 Å². The van der Waals surface area contributed by atoms with Crippen molar-refractivity contribution in [3.63, 3.8) is 0 Å². The molecule has 2 fully saturated rings. The van der Waals surface area contributed by atoms with E-state index in [4.69, 9.17) is 5.26 Å². The third kappa shape index (κ3) is 3.36. The van der Waals surface area contributed by atoms with Gasteiger partial charge in [-0.25, -0.2) is 4.79 Å². The lowest BCUT2D eigenvalue weighted by molar-refractivity contribution is 0.170. The maximum Gasteiger partial charge on any atom is 0.317 e. The average Bonchev–Trinajstić information content (AvgIpc) is 2.40. The number of piperidine rings is 1. The Labute approximate surface area is 103 Å². The van der Waals surface area contributed by atoms with Crippen LogP contribution < -0.4 is 5.32 Å². The normalized spacial score (nSPS) is 26.3. The third-order valence-electron chi connectivity index (χ3n) is 3.82. The Hall–Kier alpha value is -1.24. The Bertz CT molecular complexity index is 304. The van der Waals surface area contributed by atoms with E-state index in [-0.39, 0.29) is 11.9 Å². The smallest absolute Gasteiger partial charge is 0.317 e. The van der Waals surface area contributed by atoms with Gasteiger partial charge in [-0.15, -0.1) is 0 Å². The Morgan fingerprint density at radius 1 is 1.18 bits per heavy atom. The van der Waals surface area contributed by atoms with Gasteiger partial charge in [0.15, 0.2) is 0 Å². The first-order valence-corrected chi connectivity index (χ1v) is 6.74. The topological polar surface area (TPSA) is 56.1 Å². The number of carbonyl (C=O) groups excluding carboxylic acids is 1. The van der Waals surface area contributed by atoms with E-state index in [2.05, 4.69) is 11.4 Å². The molecule has 0 aromatic carbocycles. The zero-order chi connectivity index (χ0) is 12.1. The molecule has 1 unspecified atom stereocenters. The van der Waals surface area contributed by atoms with Crippen molar-refractivity contribution >= 4 is 6.03 Å². The molecule has 1 aliphatic carbocycles. The summed E-state index contributed by atoms with van der Waals surface area (Å²) in [5.74, 6) is 0.0286. The summed E-state index contributed by atoms with van der Waals surface area (Å²) in [7, 11) is 0. The van der Waals surface area contributed by atoms with Crippen LogP contribution in [0.3, 0.4) is 0 Å². The SMILES string of the molecule is N#CC1CCCN(C(=O)NC2CCCCC2)C1. The molecule has 1 heterocycles. The number of nitrogens with one attached hydrogen (secondary N) is 1. The Balaban J connectivity index is 1.80. The molecule has 1 N–H and O–H groups in total. The van der Waals surface area contributed by atoms with Crippen molar-refractivity contribution in [2.75, 3.05) is 13.1 Å². The first-order chi connectivity index (χ1) is 8.29.